The summed E-state index contributed by atoms with van der Waals surface area (Å²) in [4.78, 5) is 24.5. The van der Waals surface area contributed by atoms with Crippen molar-refractivity contribution in [2.24, 2.45) is 0 Å². The Hall–Kier alpha value is -3.53. The third kappa shape index (κ3) is 7.53. The molecule has 7 heteroatoms. The number of nitrogens with one attached hydrogen (secondary N) is 2. The Balaban J connectivity index is 1.55. The largest absolute Gasteiger partial charge is 0.457 e. The minimum Gasteiger partial charge on any atom is -0.457 e. The minimum absolute atomic E-state index is 0.0626. The molecule has 0 aliphatic heterocycles. The fourth-order valence-corrected chi connectivity index (χ4v) is 3.77. The second-order valence-electron chi connectivity index (χ2n) is 9.27. The van der Waals surface area contributed by atoms with Crippen LogP contribution in [0.15, 0.2) is 48.5 Å². The van der Waals surface area contributed by atoms with Crippen molar-refractivity contribution in [1.29, 1.82) is 5.26 Å². The molecule has 174 valence electrons. The van der Waals surface area contributed by atoms with E-state index in [-0.39, 0.29) is 18.7 Å². The number of esters is 1. The molecular weight excluding hydrogens is 418 g/mol. The van der Waals surface area contributed by atoms with Crippen LogP contribution in [0.2, 0.25) is 0 Å². The fraction of sp³-hybridized carbons (Fsp3) is 0.423. The molecule has 1 saturated carbocycles. The number of benzene rings is 2. The molecule has 1 aliphatic rings. The van der Waals surface area contributed by atoms with Crippen LogP contribution in [0.5, 0.6) is 0 Å². The summed E-state index contributed by atoms with van der Waals surface area (Å²) in [7, 11) is 0. The molecule has 0 radical (unpaired) electrons. The van der Waals surface area contributed by atoms with Gasteiger partial charge in [-0.15, -0.1) is 0 Å². The SMILES string of the molecule is CC(C)(C)OC(=O)NC1CCC(Nc2cc(C(=O)OCc3ccccc3)ccc2C#N)CC1. The molecule has 1 fully saturated rings. The fourth-order valence-electron chi connectivity index (χ4n) is 3.77. The van der Waals surface area contributed by atoms with Crippen LogP contribution in [0.1, 0.15) is 67.9 Å². The monoisotopic (exact) mass is 449 g/mol. The van der Waals surface area contributed by atoms with Crippen LogP contribution in [0.3, 0.4) is 0 Å². The summed E-state index contributed by atoms with van der Waals surface area (Å²) in [6.07, 6.45) is 2.87. The second kappa shape index (κ2) is 10.9. The summed E-state index contributed by atoms with van der Waals surface area (Å²) in [5.41, 5.74) is 1.88. The Kier molecular flexibility index (Phi) is 7.94. The van der Waals surface area contributed by atoms with Crippen molar-refractivity contribution in [3.05, 3.63) is 65.2 Å². The predicted molar refractivity (Wildman–Crippen MR) is 126 cm³/mol. The van der Waals surface area contributed by atoms with Gasteiger partial charge in [0.15, 0.2) is 0 Å². The lowest BCUT2D eigenvalue weighted by molar-refractivity contribution is 0.0468. The smallest absolute Gasteiger partial charge is 0.407 e. The van der Waals surface area contributed by atoms with Crippen LogP contribution >= 0.6 is 0 Å². The lowest BCUT2D eigenvalue weighted by atomic mass is 9.91. The van der Waals surface area contributed by atoms with Gasteiger partial charge in [-0.1, -0.05) is 30.3 Å². The first-order valence-corrected chi connectivity index (χ1v) is 11.2. The van der Waals surface area contributed by atoms with Gasteiger partial charge in [0.05, 0.1) is 16.8 Å². The van der Waals surface area contributed by atoms with Gasteiger partial charge in [0.2, 0.25) is 0 Å². The highest BCUT2D eigenvalue weighted by atomic mass is 16.6. The summed E-state index contributed by atoms with van der Waals surface area (Å²) in [6, 6.07) is 16.8. The van der Waals surface area contributed by atoms with E-state index in [4.69, 9.17) is 9.47 Å². The van der Waals surface area contributed by atoms with E-state index in [1.54, 1.807) is 18.2 Å². The van der Waals surface area contributed by atoms with Gasteiger partial charge in [-0.3, -0.25) is 0 Å². The molecule has 3 rings (SSSR count). The minimum atomic E-state index is -0.524. The lowest BCUT2D eigenvalue weighted by Gasteiger charge is -2.31. The van der Waals surface area contributed by atoms with Crippen LogP contribution in [-0.2, 0) is 16.1 Å². The first-order valence-electron chi connectivity index (χ1n) is 11.2. The van der Waals surface area contributed by atoms with E-state index in [2.05, 4.69) is 16.7 Å². The van der Waals surface area contributed by atoms with E-state index in [1.165, 1.54) is 0 Å². The van der Waals surface area contributed by atoms with Crippen LogP contribution in [-0.4, -0.2) is 29.7 Å². The highest BCUT2D eigenvalue weighted by Gasteiger charge is 2.25. The summed E-state index contributed by atoms with van der Waals surface area (Å²) in [6.45, 7) is 5.71. The molecule has 0 bridgehead atoms. The number of hydrogen-bond donors (Lipinski definition) is 2. The molecule has 2 aromatic rings. The molecule has 33 heavy (non-hydrogen) atoms. The maximum atomic E-state index is 12.5. The zero-order chi connectivity index (χ0) is 23.8. The van der Waals surface area contributed by atoms with E-state index in [1.807, 2.05) is 51.1 Å². The normalized spacial score (nSPS) is 18.0. The van der Waals surface area contributed by atoms with Crippen molar-refractivity contribution in [1.82, 2.24) is 5.32 Å². The second-order valence-corrected chi connectivity index (χ2v) is 9.27. The Bertz CT molecular complexity index is 1000. The third-order valence-corrected chi connectivity index (χ3v) is 5.40. The van der Waals surface area contributed by atoms with Crippen molar-refractivity contribution in [2.75, 3.05) is 5.32 Å². The Labute approximate surface area is 195 Å². The average Bonchev–Trinajstić information content (AvgIpc) is 2.78. The number of carbonyl (C=O) groups excluding carboxylic acids is 2. The standard InChI is InChI=1S/C26H31N3O4/c1-26(2,3)33-25(31)29-22-13-11-21(12-14-22)28-23-15-19(9-10-20(23)16-27)24(30)32-17-18-7-5-4-6-8-18/h4-10,15,21-22,28H,11-14,17H2,1-3H3,(H,29,31). The number of alkyl carbamates (subject to hydrolysis) is 1. The maximum Gasteiger partial charge on any atom is 0.407 e. The van der Waals surface area contributed by atoms with Gasteiger partial charge in [-0.2, -0.15) is 5.26 Å². The molecule has 2 aromatic carbocycles. The highest BCUT2D eigenvalue weighted by Crippen LogP contribution is 2.26. The molecule has 0 atom stereocenters. The van der Waals surface area contributed by atoms with Gasteiger partial charge in [0.25, 0.3) is 0 Å². The third-order valence-electron chi connectivity index (χ3n) is 5.40. The zero-order valence-electron chi connectivity index (χ0n) is 19.4. The van der Waals surface area contributed by atoms with Gasteiger partial charge in [-0.25, -0.2) is 9.59 Å². The highest BCUT2D eigenvalue weighted by molar-refractivity contribution is 5.91. The number of rotatable bonds is 6. The van der Waals surface area contributed by atoms with E-state index in [0.717, 1.165) is 31.2 Å². The van der Waals surface area contributed by atoms with E-state index in [0.29, 0.717) is 16.8 Å². The van der Waals surface area contributed by atoms with Crippen molar-refractivity contribution in [3.63, 3.8) is 0 Å². The lowest BCUT2D eigenvalue weighted by Crippen LogP contribution is -2.42. The number of nitrogens with zero attached hydrogens (tertiary/aromatic N) is 1. The number of carbonyl (C=O) groups is 2. The van der Waals surface area contributed by atoms with Gasteiger partial charge in [-0.05, 0) is 70.2 Å². The molecule has 0 heterocycles. The summed E-state index contributed by atoms with van der Waals surface area (Å²) >= 11 is 0. The van der Waals surface area contributed by atoms with Crippen LogP contribution in [0.4, 0.5) is 10.5 Å². The molecule has 7 nitrogen and oxygen atoms in total. The Morgan fingerprint density at radius 3 is 2.33 bits per heavy atom. The van der Waals surface area contributed by atoms with Crippen molar-refractivity contribution in [3.8, 4) is 6.07 Å². The summed E-state index contributed by atoms with van der Waals surface area (Å²) in [5.74, 6) is -0.434. The van der Waals surface area contributed by atoms with Crippen LogP contribution in [0, 0.1) is 11.3 Å². The molecule has 1 aliphatic carbocycles. The van der Waals surface area contributed by atoms with E-state index >= 15 is 0 Å². The van der Waals surface area contributed by atoms with Gasteiger partial charge >= 0.3 is 12.1 Å². The molecule has 0 unspecified atom stereocenters. The number of nitriles is 1. The molecule has 1 amide bonds. The first-order chi connectivity index (χ1) is 15.7. The number of hydrogen-bond acceptors (Lipinski definition) is 6. The average molecular weight is 450 g/mol. The van der Waals surface area contributed by atoms with Gasteiger partial charge < -0.3 is 20.1 Å². The Morgan fingerprint density at radius 1 is 1.03 bits per heavy atom. The van der Waals surface area contributed by atoms with E-state index in [9.17, 15) is 14.9 Å². The molecular formula is C26H31N3O4. The van der Waals surface area contributed by atoms with Crippen LogP contribution in [0.25, 0.3) is 0 Å². The maximum absolute atomic E-state index is 12.5. The molecule has 0 spiro atoms. The molecule has 0 aromatic heterocycles. The first kappa shape index (κ1) is 24.1. The summed E-state index contributed by atoms with van der Waals surface area (Å²) in [5, 5.41) is 15.8. The summed E-state index contributed by atoms with van der Waals surface area (Å²) < 4.78 is 10.7. The van der Waals surface area contributed by atoms with Gasteiger partial charge in [0.1, 0.15) is 18.3 Å². The van der Waals surface area contributed by atoms with Crippen LogP contribution < -0.4 is 10.6 Å². The molecule has 2 N–H and O–H groups in total. The topological polar surface area (TPSA) is 100 Å². The molecule has 0 saturated heterocycles. The quantitative estimate of drug-likeness (QED) is 0.591. The van der Waals surface area contributed by atoms with E-state index < -0.39 is 17.7 Å². The van der Waals surface area contributed by atoms with Crippen molar-refractivity contribution in [2.45, 2.75) is 70.7 Å². The zero-order valence-corrected chi connectivity index (χ0v) is 19.4. The Morgan fingerprint density at radius 2 is 1.70 bits per heavy atom. The van der Waals surface area contributed by atoms with Crippen molar-refractivity contribution >= 4 is 17.7 Å². The number of amides is 1. The number of ether oxygens (including phenoxy) is 2. The van der Waals surface area contributed by atoms with Gasteiger partial charge in [0, 0.05) is 12.1 Å². The predicted octanol–water partition coefficient (Wildman–Crippen LogP) is 5.16. The number of anilines is 1. The van der Waals surface area contributed by atoms with Crippen molar-refractivity contribution < 1.29 is 19.1 Å².